The zero-order valence-corrected chi connectivity index (χ0v) is 12.1. The third-order valence-corrected chi connectivity index (χ3v) is 6.02. The molecule has 0 aromatic heterocycles. The zero-order chi connectivity index (χ0) is 16.5. The standard InChI is InChI=1S/C12H14N2O7S/c15-9-6-7-12(11(16)17,13(8-9)14(18)19)22(20,21)10-4-2-1-3-5-10/h1-5,9,15H,6-8H2,(H,16,17)/t9-,12-/m0/s1. The van der Waals surface area contributed by atoms with E-state index in [1.165, 1.54) is 24.3 Å². The van der Waals surface area contributed by atoms with Gasteiger partial charge in [0.15, 0.2) is 5.03 Å². The van der Waals surface area contributed by atoms with E-state index in [9.17, 15) is 33.5 Å². The van der Waals surface area contributed by atoms with Crippen molar-refractivity contribution in [2.45, 2.75) is 28.7 Å². The van der Waals surface area contributed by atoms with Crippen LogP contribution in [0, 0.1) is 10.1 Å². The summed E-state index contributed by atoms with van der Waals surface area (Å²) < 4.78 is 25.5. The summed E-state index contributed by atoms with van der Waals surface area (Å²) in [5.74, 6) is -1.83. The molecule has 2 N–H and O–H groups in total. The van der Waals surface area contributed by atoms with E-state index in [2.05, 4.69) is 0 Å². The Morgan fingerprint density at radius 1 is 1.36 bits per heavy atom. The van der Waals surface area contributed by atoms with Crippen LogP contribution < -0.4 is 0 Å². The maximum Gasteiger partial charge on any atom is 0.351 e. The summed E-state index contributed by atoms with van der Waals surface area (Å²) in [5.41, 5.74) is 0. The largest absolute Gasteiger partial charge is 0.479 e. The summed E-state index contributed by atoms with van der Waals surface area (Å²) in [7, 11) is -4.57. The second kappa shape index (κ2) is 5.54. The highest BCUT2D eigenvalue weighted by Crippen LogP contribution is 2.37. The molecule has 9 nitrogen and oxygen atoms in total. The molecule has 1 heterocycles. The molecular formula is C12H14N2O7S. The Balaban J connectivity index is 2.67. The van der Waals surface area contributed by atoms with Crippen LogP contribution in [0.15, 0.2) is 35.2 Å². The number of piperidine rings is 1. The first kappa shape index (κ1) is 16.2. The lowest BCUT2D eigenvalue weighted by Gasteiger charge is -2.38. The lowest BCUT2D eigenvalue weighted by molar-refractivity contribution is -0.669. The van der Waals surface area contributed by atoms with Gasteiger partial charge < -0.3 is 10.2 Å². The second-order valence-electron chi connectivity index (χ2n) is 4.92. The van der Waals surface area contributed by atoms with E-state index >= 15 is 0 Å². The minimum absolute atomic E-state index is 0.103. The van der Waals surface area contributed by atoms with E-state index in [0.717, 1.165) is 0 Å². The molecule has 0 spiro atoms. The predicted molar refractivity (Wildman–Crippen MR) is 72.9 cm³/mol. The van der Waals surface area contributed by atoms with E-state index < -0.39 is 44.8 Å². The van der Waals surface area contributed by atoms with Gasteiger partial charge in [-0.05, 0) is 18.6 Å². The Hall–Kier alpha value is -2.20. The number of hydrogen-bond acceptors (Lipinski definition) is 6. The molecule has 1 aliphatic rings. The molecule has 1 aromatic carbocycles. The molecule has 1 fully saturated rings. The highest BCUT2D eigenvalue weighted by atomic mass is 32.2. The van der Waals surface area contributed by atoms with Crippen LogP contribution in [0.4, 0.5) is 0 Å². The first-order chi connectivity index (χ1) is 10.2. The van der Waals surface area contributed by atoms with Gasteiger partial charge in [0, 0.05) is 6.42 Å². The van der Waals surface area contributed by atoms with E-state index in [-0.39, 0.29) is 16.3 Å². The number of carboxylic acids is 1. The Labute approximate surface area is 125 Å². The van der Waals surface area contributed by atoms with Gasteiger partial charge in [-0.15, -0.1) is 0 Å². The zero-order valence-electron chi connectivity index (χ0n) is 11.3. The third-order valence-electron chi connectivity index (χ3n) is 3.65. The smallest absolute Gasteiger partial charge is 0.351 e. The Morgan fingerprint density at radius 3 is 2.45 bits per heavy atom. The molecule has 120 valence electrons. The van der Waals surface area contributed by atoms with E-state index in [1.807, 2.05) is 0 Å². The van der Waals surface area contributed by atoms with Crippen molar-refractivity contribution in [1.29, 1.82) is 0 Å². The topological polar surface area (TPSA) is 138 Å². The summed E-state index contributed by atoms with van der Waals surface area (Å²) in [6.07, 6.45) is -1.91. The van der Waals surface area contributed by atoms with Crippen LogP contribution in [0.2, 0.25) is 0 Å². The average molecular weight is 330 g/mol. The lowest BCUT2D eigenvalue weighted by atomic mass is 10.0. The summed E-state index contributed by atoms with van der Waals surface area (Å²) in [4.78, 5) is 19.8. The van der Waals surface area contributed by atoms with Gasteiger partial charge in [0.2, 0.25) is 9.84 Å². The summed E-state index contributed by atoms with van der Waals surface area (Å²) in [6, 6.07) is 6.71. The molecule has 10 heteroatoms. The van der Waals surface area contributed by atoms with Crippen molar-refractivity contribution in [3.05, 3.63) is 40.4 Å². The predicted octanol–water partition coefficient (Wildman–Crippen LogP) is -0.110. The molecular weight excluding hydrogens is 316 g/mol. The first-order valence-corrected chi connectivity index (χ1v) is 7.85. The number of carbonyl (C=O) groups is 1. The molecule has 0 amide bonds. The second-order valence-corrected chi connectivity index (χ2v) is 7.07. The monoisotopic (exact) mass is 330 g/mol. The molecule has 0 aliphatic carbocycles. The van der Waals surface area contributed by atoms with Crippen LogP contribution in [0.1, 0.15) is 12.8 Å². The molecule has 0 unspecified atom stereocenters. The van der Waals surface area contributed by atoms with Crippen LogP contribution in [0.5, 0.6) is 0 Å². The van der Waals surface area contributed by atoms with Gasteiger partial charge in [0.05, 0.1) is 11.0 Å². The van der Waals surface area contributed by atoms with Gasteiger partial charge in [-0.2, -0.15) is 0 Å². The number of hydrogen-bond donors (Lipinski definition) is 2. The molecule has 2 atom stereocenters. The number of rotatable bonds is 4. The molecule has 0 radical (unpaired) electrons. The molecule has 2 rings (SSSR count). The Morgan fingerprint density at radius 2 is 1.95 bits per heavy atom. The van der Waals surface area contributed by atoms with Crippen molar-refractivity contribution in [2.24, 2.45) is 0 Å². The molecule has 22 heavy (non-hydrogen) atoms. The number of nitrogens with zero attached hydrogens (tertiary/aromatic N) is 2. The summed E-state index contributed by atoms with van der Waals surface area (Å²) in [6.45, 7) is -0.675. The summed E-state index contributed by atoms with van der Waals surface area (Å²) >= 11 is 0. The maximum absolute atomic E-state index is 12.8. The van der Waals surface area contributed by atoms with Crippen LogP contribution in [0.3, 0.4) is 0 Å². The minimum atomic E-state index is -4.57. The first-order valence-electron chi connectivity index (χ1n) is 6.36. The quantitative estimate of drug-likeness (QED) is 0.576. The van der Waals surface area contributed by atoms with E-state index in [1.54, 1.807) is 6.07 Å². The lowest BCUT2D eigenvalue weighted by Crippen LogP contribution is -2.66. The molecule has 1 aliphatic heterocycles. The molecule has 1 aromatic rings. The average Bonchev–Trinajstić information content (AvgIpc) is 2.47. The number of sulfone groups is 1. The minimum Gasteiger partial charge on any atom is -0.479 e. The number of aliphatic carboxylic acids is 1. The van der Waals surface area contributed by atoms with Crippen molar-refractivity contribution < 1.29 is 28.5 Å². The maximum atomic E-state index is 12.8. The van der Waals surface area contributed by atoms with Crippen molar-refractivity contribution in [3.8, 4) is 0 Å². The Kier molecular flexibility index (Phi) is 4.07. The van der Waals surface area contributed by atoms with E-state index in [4.69, 9.17) is 0 Å². The Bertz CT molecular complexity index is 691. The number of nitro groups is 1. The van der Waals surface area contributed by atoms with Crippen LogP contribution in [0.25, 0.3) is 0 Å². The molecule has 1 saturated heterocycles. The number of benzene rings is 1. The van der Waals surface area contributed by atoms with Gasteiger partial charge in [0.1, 0.15) is 6.54 Å². The number of carboxylic acid groups (broad SMARTS) is 1. The molecule has 0 bridgehead atoms. The van der Waals surface area contributed by atoms with Gasteiger partial charge >= 0.3 is 5.97 Å². The van der Waals surface area contributed by atoms with Crippen LogP contribution in [-0.2, 0) is 14.6 Å². The number of aliphatic hydroxyl groups excluding tert-OH is 1. The van der Waals surface area contributed by atoms with Gasteiger partial charge in [0.25, 0.3) is 4.87 Å². The van der Waals surface area contributed by atoms with Crippen LogP contribution >= 0.6 is 0 Å². The van der Waals surface area contributed by atoms with Gasteiger partial charge in [-0.1, -0.05) is 23.2 Å². The highest BCUT2D eigenvalue weighted by Gasteiger charge is 2.63. The SMILES string of the molecule is O=C(O)[C@@]1(S(=O)(=O)c2ccccc2)CC[C@H](O)CN1[N+](=O)[O-]. The van der Waals surface area contributed by atoms with Crippen molar-refractivity contribution in [2.75, 3.05) is 6.54 Å². The number of hydrazine groups is 1. The fraction of sp³-hybridized carbons (Fsp3) is 0.417. The van der Waals surface area contributed by atoms with Crippen LogP contribution in [-0.4, -0.2) is 52.2 Å². The normalized spacial score (nSPS) is 25.7. The fourth-order valence-corrected chi connectivity index (χ4v) is 4.47. The van der Waals surface area contributed by atoms with Crippen molar-refractivity contribution in [1.82, 2.24) is 5.01 Å². The van der Waals surface area contributed by atoms with Crippen molar-refractivity contribution >= 4 is 15.8 Å². The summed E-state index contributed by atoms with van der Waals surface area (Å²) in [5, 5.41) is 29.2. The van der Waals surface area contributed by atoms with Gasteiger partial charge in [-0.3, -0.25) is 0 Å². The van der Waals surface area contributed by atoms with E-state index in [0.29, 0.717) is 0 Å². The fourth-order valence-electron chi connectivity index (χ4n) is 2.53. The van der Waals surface area contributed by atoms with Crippen molar-refractivity contribution in [3.63, 3.8) is 0 Å². The van der Waals surface area contributed by atoms with Gasteiger partial charge in [-0.25, -0.2) is 23.3 Å². The molecule has 0 saturated carbocycles. The third kappa shape index (κ3) is 2.29. The highest BCUT2D eigenvalue weighted by molar-refractivity contribution is 7.93. The number of aliphatic hydroxyl groups is 1. The number of β-amino-alcohol motifs (C(OH)–C–C–N with tert-alkyl or cyclic N) is 1.